The molecule has 3 rings (SSSR count). The molecular weight excluding hydrogens is 290 g/mol. The van der Waals surface area contributed by atoms with Crippen LogP contribution in [0.2, 0.25) is 0 Å². The van der Waals surface area contributed by atoms with Crippen molar-refractivity contribution in [2.75, 3.05) is 6.54 Å². The van der Waals surface area contributed by atoms with Crippen molar-refractivity contribution in [1.29, 1.82) is 0 Å². The Morgan fingerprint density at radius 1 is 1.35 bits per heavy atom. The van der Waals surface area contributed by atoms with Gasteiger partial charge in [0.05, 0.1) is 5.69 Å². The van der Waals surface area contributed by atoms with E-state index in [2.05, 4.69) is 29.2 Å². The first-order chi connectivity index (χ1) is 11.1. The van der Waals surface area contributed by atoms with Gasteiger partial charge in [-0.05, 0) is 24.1 Å². The van der Waals surface area contributed by atoms with Gasteiger partial charge in [-0.2, -0.15) is 5.10 Å². The van der Waals surface area contributed by atoms with Crippen LogP contribution in [0.1, 0.15) is 41.6 Å². The lowest BCUT2D eigenvalue weighted by Crippen LogP contribution is -2.27. The number of rotatable bonds is 5. The van der Waals surface area contributed by atoms with Crippen LogP contribution in [-0.4, -0.2) is 31.6 Å². The van der Waals surface area contributed by atoms with Crippen molar-refractivity contribution in [2.45, 2.75) is 26.2 Å². The minimum Gasteiger partial charge on any atom is -0.350 e. The molecule has 120 valence electrons. The quantitative estimate of drug-likeness (QED) is 0.785. The van der Waals surface area contributed by atoms with E-state index in [1.54, 1.807) is 11.7 Å². The highest BCUT2D eigenvalue weighted by Crippen LogP contribution is 2.13. The van der Waals surface area contributed by atoms with Gasteiger partial charge in [-0.3, -0.25) is 9.48 Å². The van der Waals surface area contributed by atoms with E-state index in [-0.39, 0.29) is 5.91 Å². The van der Waals surface area contributed by atoms with Crippen molar-refractivity contribution in [3.05, 3.63) is 53.7 Å². The molecule has 0 spiro atoms. The van der Waals surface area contributed by atoms with Gasteiger partial charge in [0.25, 0.3) is 5.91 Å². The second-order valence-electron chi connectivity index (χ2n) is 5.92. The summed E-state index contributed by atoms with van der Waals surface area (Å²) in [6.45, 7) is 4.69. The van der Waals surface area contributed by atoms with Gasteiger partial charge < -0.3 is 9.72 Å². The molecule has 0 saturated carbocycles. The Balaban J connectivity index is 1.63. The topological polar surface area (TPSA) is 64.2 Å². The fraction of sp³-hybridized carbons (Fsp3) is 0.353. The summed E-state index contributed by atoms with van der Waals surface area (Å²) in [5.41, 5.74) is 3.52. The van der Waals surface area contributed by atoms with Crippen molar-refractivity contribution >= 4 is 11.6 Å². The van der Waals surface area contributed by atoms with Gasteiger partial charge in [0.15, 0.2) is 0 Å². The summed E-state index contributed by atoms with van der Waals surface area (Å²) in [5.74, 6) is 0.210. The highest BCUT2D eigenvalue weighted by Gasteiger charge is 2.14. The van der Waals surface area contributed by atoms with E-state index in [0.29, 0.717) is 18.2 Å². The van der Waals surface area contributed by atoms with Crippen LogP contribution in [0.4, 0.5) is 0 Å². The van der Waals surface area contributed by atoms with Crippen LogP contribution in [0.5, 0.6) is 0 Å². The number of imidazole rings is 1. The predicted molar refractivity (Wildman–Crippen MR) is 88.5 cm³/mol. The van der Waals surface area contributed by atoms with Gasteiger partial charge >= 0.3 is 0 Å². The zero-order valence-electron chi connectivity index (χ0n) is 13.7. The third kappa shape index (κ3) is 3.11. The molecular formula is C17H21N5O. The Morgan fingerprint density at radius 3 is 2.91 bits per heavy atom. The highest BCUT2D eigenvalue weighted by molar-refractivity contribution is 5.92. The first-order valence-electron chi connectivity index (χ1n) is 7.79. The van der Waals surface area contributed by atoms with Crippen LogP contribution in [0.3, 0.4) is 0 Å². The van der Waals surface area contributed by atoms with E-state index in [9.17, 15) is 4.79 Å². The molecule has 3 aromatic heterocycles. The molecule has 23 heavy (non-hydrogen) atoms. The van der Waals surface area contributed by atoms with E-state index >= 15 is 0 Å². The molecule has 0 unspecified atom stereocenters. The number of carbonyl (C=O) groups is 1. The monoisotopic (exact) mass is 311 g/mol. The van der Waals surface area contributed by atoms with Crippen LogP contribution in [0, 0.1) is 0 Å². The molecule has 0 atom stereocenters. The number of pyridine rings is 1. The maximum absolute atomic E-state index is 12.3. The average Bonchev–Trinajstić information content (AvgIpc) is 3.11. The number of hydrogen-bond acceptors (Lipinski definition) is 3. The number of nitrogens with zero attached hydrogens (tertiary/aromatic N) is 4. The third-order valence-electron chi connectivity index (χ3n) is 3.88. The Morgan fingerprint density at radius 2 is 2.17 bits per heavy atom. The Hall–Kier alpha value is -2.63. The van der Waals surface area contributed by atoms with Crippen molar-refractivity contribution in [3.8, 4) is 0 Å². The van der Waals surface area contributed by atoms with Crippen molar-refractivity contribution < 1.29 is 4.79 Å². The fourth-order valence-electron chi connectivity index (χ4n) is 2.55. The first kappa shape index (κ1) is 15.3. The molecule has 3 aromatic rings. The standard InChI is InChI=1S/C17H21N5O/c1-12(2)14-10-15(21(3)20-14)17(23)18-8-7-13-11-19-16-6-4-5-9-22(13)16/h4-6,9-12H,7-8H2,1-3H3,(H,18,23). The zero-order valence-corrected chi connectivity index (χ0v) is 13.7. The predicted octanol–water partition coefficient (Wildman–Crippen LogP) is 2.16. The fourth-order valence-corrected chi connectivity index (χ4v) is 2.55. The van der Waals surface area contributed by atoms with E-state index < -0.39 is 0 Å². The number of aryl methyl sites for hydroxylation is 1. The minimum absolute atomic E-state index is 0.0966. The molecule has 0 fully saturated rings. The summed E-state index contributed by atoms with van der Waals surface area (Å²) in [6.07, 6.45) is 4.56. The Bertz CT molecular complexity index is 830. The number of fused-ring (bicyclic) bond motifs is 1. The van der Waals surface area contributed by atoms with Gasteiger partial charge in [-0.25, -0.2) is 4.98 Å². The number of amides is 1. The number of nitrogens with one attached hydrogen (secondary N) is 1. The molecule has 0 bridgehead atoms. The largest absolute Gasteiger partial charge is 0.350 e. The van der Waals surface area contributed by atoms with E-state index in [4.69, 9.17) is 0 Å². The SMILES string of the molecule is CC(C)c1cc(C(=O)NCCc2cnc3ccccn23)n(C)n1. The lowest BCUT2D eigenvalue weighted by Gasteiger charge is -2.05. The van der Waals surface area contributed by atoms with E-state index in [0.717, 1.165) is 23.5 Å². The smallest absolute Gasteiger partial charge is 0.269 e. The van der Waals surface area contributed by atoms with Crippen LogP contribution in [-0.2, 0) is 13.5 Å². The van der Waals surface area contributed by atoms with Crippen LogP contribution in [0.15, 0.2) is 36.7 Å². The molecule has 0 radical (unpaired) electrons. The van der Waals surface area contributed by atoms with Gasteiger partial charge in [-0.1, -0.05) is 19.9 Å². The summed E-state index contributed by atoms with van der Waals surface area (Å²) < 4.78 is 3.67. The van der Waals surface area contributed by atoms with Gasteiger partial charge in [0.1, 0.15) is 11.3 Å². The van der Waals surface area contributed by atoms with Gasteiger partial charge in [0, 0.05) is 38.1 Å². The second kappa shape index (κ2) is 6.24. The Kier molecular flexibility index (Phi) is 4.14. The maximum Gasteiger partial charge on any atom is 0.269 e. The molecule has 3 heterocycles. The number of aromatic nitrogens is 4. The van der Waals surface area contributed by atoms with Crippen LogP contribution >= 0.6 is 0 Å². The van der Waals surface area contributed by atoms with Crippen molar-refractivity contribution in [1.82, 2.24) is 24.5 Å². The third-order valence-corrected chi connectivity index (χ3v) is 3.88. The molecule has 1 amide bonds. The van der Waals surface area contributed by atoms with E-state index in [1.165, 1.54) is 0 Å². The summed E-state index contributed by atoms with van der Waals surface area (Å²) in [5, 5.41) is 7.33. The second-order valence-corrected chi connectivity index (χ2v) is 5.92. The summed E-state index contributed by atoms with van der Waals surface area (Å²) >= 11 is 0. The lowest BCUT2D eigenvalue weighted by molar-refractivity contribution is 0.0944. The Labute approximate surface area is 135 Å². The molecule has 6 nitrogen and oxygen atoms in total. The number of hydrogen-bond donors (Lipinski definition) is 1. The molecule has 0 saturated heterocycles. The number of carbonyl (C=O) groups excluding carboxylic acids is 1. The summed E-state index contributed by atoms with van der Waals surface area (Å²) in [6, 6.07) is 7.75. The normalized spacial score (nSPS) is 11.3. The van der Waals surface area contributed by atoms with Crippen molar-refractivity contribution in [3.63, 3.8) is 0 Å². The molecule has 0 aromatic carbocycles. The summed E-state index contributed by atoms with van der Waals surface area (Å²) in [7, 11) is 1.80. The zero-order chi connectivity index (χ0) is 16.4. The van der Waals surface area contributed by atoms with Crippen LogP contribution in [0.25, 0.3) is 5.65 Å². The molecule has 0 aliphatic rings. The molecule has 1 N–H and O–H groups in total. The van der Waals surface area contributed by atoms with Crippen LogP contribution < -0.4 is 5.32 Å². The molecule has 6 heteroatoms. The van der Waals surface area contributed by atoms with Crippen molar-refractivity contribution in [2.24, 2.45) is 7.05 Å². The van der Waals surface area contributed by atoms with E-state index in [1.807, 2.05) is 41.1 Å². The summed E-state index contributed by atoms with van der Waals surface area (Å²) in [4.78, 5) is 16.6. The van der Waals surface area contributed by atoms with Gasteiger partial charge in [0.2, 0.25) is 0 Å². The van der Waals surface area contributed by atoms with Gasteiger partial charge in [-0.15, -0.1) is 0 Å². The first-order valence-corrected chi connectivity index (χ1v) is 7.79. The minimum atomic E-state index is -0.0966. The molecule has 0 aliphatic heterocycles. The lowest BCUT2D eigenvalue weighted by atomic mass is 10.1. The molecule has 0 aliphatic carbocycles. The average molecular weight is 311 g/mol. The highest BCUT2D eigenvalue weighted by atomic mass is 16.2. The maximum atomic E-state index is 12.3.